The molecule has 0 radical (unpaired) electrons. The van der Waals surface area contributed by atoms with Gasteiger partial charge in [0.15, 0.2) is 5.69 Å². The highest BCUT2D eigenvalue weighted by Crippen LogP contribution is 2.32. The molecule has 0 unspecified atom stereocenters. The van der Waals surface area contributed by atoms with Crippen LogP contribution in [0.1, 0.15) is 19.0 Å². The fourth-order valence-corrected chi connectivity index (χ4v) is 2.66. The van der Waals surface area contributed by atoms with Crippen LogP contribution in [0.15, 0.2) is 35.4 Å². The third-order valence-electron chi connectivity index (χ3n) is 2.75. The van der Waals surface area contributed by atoms with Crippen LogP contribution in [-0.4, -0.2) is 20.5 Å². The minimum atomic E-state index is -4.52. The van der Waals surface area contributed by atoms with Crippen molar-refractivity contribution in [3.63, 3.8) is 0 Å². The molecule has 0 aliphatic heterocycles. The Morgan fingerprint density at radius 3 is 2.64 bits per heavy atom. The molecule has 0 bridgehead atoms. The average Bonchev–Trinajstić information content (AvgIpc) is 2.94. The highest BCUT2D eigenvalue weighted by atomic mass is 32.2. The lowest BCUT2D eigenvalue weighted by atomic mass is 10.3. The van der Waals surface area contributed by atoms with Crippen molar-refractivity contribution in [1.82, 2.24) is 9.78 Å². The Morgan fingerprint density at radius 2 is 2.09 bits per heavy atom. The molecule has 1 aromatic carbocycles. The summed E-state index contributed by atoms with van der Waals surface area (Å²) in [4.78, 5) is 10.9. The van der Waals surface area contributed by atoms with Crippen molar-refractivity contribution >= 4 is 17.4 Å². The average molecular weight is 331 g/mol. The maximum Gasteiger partial charge on any atom is 0.435 e. The third-order valence-corrected chi connectivity index (χ3v) is 4.00. The van der Waals surface area contributed by atoms with Crippen molar-refractivity contribution in [1.29, 1.82) is 0 Å². The maximum absolute atomic E-state index is 12.6. The van der Waals surface area contributed by atoms with E-state index in [0.717, 1.165) is 17.2 Å². The highest BCUT2D eigenvalue weighted by Gasteiger charge is 2.33. The number of aromatic nitrogens is 2. The molecule has 0 amide bonds. The first kappa shape index (κ1) is 16.3. The lowest BCUT2D eigenvalue weighted by molar-refractivity contribution is -0.387. The predicted molar refractivity (Wildman–Crippen MR) is 76.2 cm³/mol. The molecule has 0 aliphatic carbocycles. The summed E-state index contributed by atoms with van der Waals surface area (Å²) in [6.45, 7) is 1.94. The summed E-state index contributed by atoms with van der Waals surface area (Å²) in [7, 11) is 0. The van der Waals surface area contributed by atoms with Gasteiger partial charge in [0, 0.05) is 12.3 Å². The van der Waals surface area contributed by atoms with Crippen LogP contribution >= 0.6 is 11.8 Å². The zero-order chi connectivity index (χ0) is 16.3. The van der Waals surface area contributed by atoms with Gasteiger partial charge in [0.1, 0.15) is 0 Å². The summed E-state index contributed by atoms with van der Waals surface area (Å²) < 4.78 is 38.7. The van der Waals surface area contributed by atoms with E-state index in [4.69, 9.17) is 0 Å². The molecule has 0 atom stereocenters. The Labute approximate surface area is 128 Å². The van der Waals surface area contributed by atoms with E-state index >= 15 is 0 Å². The van der Waals surface area contributed by atoms with Gasteiger partial charge in [-0.3, -0.25) is 10.1 Å². The minimum absolute atomic E-state index is 0.0644. The Balaban J connectivity index is 2.39. The lowest BCUT2D eigenvalue weighted by Gasteiger charge is -2.06. The Morgan fingerprint density at radius 1 is 1.36 bits per heavy atom. The molecule has 0 aliphatic rings. The lowest BCUT2D eigenvalue weighted by Crippen LogP contribution is -2.07. The molecule has 2 rings (SSSR count). The number of nitrogens with zero attached hydrogens (tertiary/aromatic N) is 3. The van der Waals surface area contributed by atoms with Gasteiger partial charge in [-0.15, -0.1) is 11.8 Å². The number of benzene rings is 1. The van der Waals surface area contributed by atoms with E-state index in [2.05, 4.69) is 5.10 Å². The van der Waals surface area contributed by atoms with Crippen LogP contribution in [0, 0.1) is 10.1 Å². The number of rotatable bonds is 5. The second-order valence-electron chi connectivity index (χ2n) is 4.40. The molecule has 22 heavy (non-hydrogen) atoms. The molecule has 2 aromatic rings. The fraction of sp³-hybridized carbons (Fsp3) is 0.308. The number of hydrogen-bond acceptors (Lipinski definition) is 4. The quantitative estimate of drug-likeness (QED) is 0.465. The monoisotopic (exact) mass is 331 g/mol. The van der Waals surface area contributed by atoms with E-state index in [-0.39, 0.29) is 5.69 Å². The van der Waals surface area contributed by atoms with Crippen molar-refractivity contribution in [2.75, 3.05) is 5.75 Å². The summed E-state index contributed by atoms with van der Waals surface area (Å²) in [5, 5.41) is 14.4. The second kappa shape index (κ2) is 6.39. The van der Waals surface area contributed by atoms with Crippen molar-refractivity contribution in [3.05, 3.63) is 46.3 Å². The summed E-state index contributed by atoms with van der Waals surface area (Å²) >= 11 is 1.29. The molecule has 1 heterocycles. The molecule has 0 fully saturated rings. The van der Waals surface area contributed by atoms with E-state index < -0.39 is 16.8 Å². The molecule has 0 spiro atoms. The van der Waals surface area contributed by atoms with Gasteiger partial charge < -0.3 is 0 Å². The molecule has 0 saturated heterocycles. The van der Waals surface area contributed by atoms with Gasteiger partial charge in [0.05, 0.1) is 15.5 Å². The molecule has 9 heteroatoms. The first-order chi connectivity index (χ1) is 10.3. The standard InChI is InChI=1S/C13H12F3N3O2S/c1-2-7-22-11-8-9(3-4-10(11)19(20)21)18-6-5-12(17-18)13(14,15)16/h3-6,8H,2,7H2,1H3. The van der Waals surface area contributed by atoms with Gasteiger partial charge in [0.25, 0.3) is 5.69 Å². The van der Waals surface area contributed by atoms with E-state index in [1.807, 2.05) is 6.92 Å². The summed E-state index contributed by atoms with van der Waals surface area (Å²) in [5.74, 6) is 0.678. The summed E-state index contributed by atoms with van der Waals surface area (Å²) in [6.07, 6.45) is -2.52. The zero-order valence-corrected chi connectivity index (χ0v) is 12.3. The smallest absolute Gasteiger partial charge is 0.258 e. The zero-order valence-electron chi connectivity index (χ0n) is 11.5. The number of nitro benzene ring substituents is 1. The van der Waals surface area contributed by atoms with E-state index in [9.17, 15) is 23.3 Å². The van der Waals surface area contributed by atoms with Gasteiger partial charge in [-0.05, 0) is 30.4 Å². The molecule has 1 aromatic heterocycles. The Hall–Kier alpha value is -2.03. The van der Waals surface area contributed by atoms with Gasteiger partial charge in [0.2, 0.25) is 0 Å². The SMILES string of the molecule is CCCSc1cc(-n2ccc(C(F)(F)F)n2)ccc1[N+](=O)[O-]. The number of nitro groups is 1. The van der Waals surface area contributed by atoms with Crippen molar-refractivity contribution in [2.45, 2.75) is 24.4 Å². The molecular formula is C13H12F3N3O2S. The van der Waals surface area contributed by atoms with Crippen LogP contribution in [0.4, 0.5) is 18.9 Å². The first-order valence-corrected chi connectivity index (χ1v) is 7.36. The number of hydrogen-bond donors (Lipinski definition) is 0. The molecule has 5 nitrogen and oxygen atoms in total. The maximum atomic E-state index is 12.6. The topological polar surface area (TPSA) is 61.0 Å². The Bertz CT molecular complexity index is 685. The predicted octanol–water partition coefficient (Wildman–Crippen LogP) is 4.30. The van der Waals surface area contributed by atoms with Crippen molar-refractivity contribution in [3.8, 4) is 5.69 Å². The van der Waals surface area contributed by atoms with Crippen LogP contribution in [0.2, 0.25) is 0 Å². The van der Waals surface area contributed by atoms with Crippen molar-refractivity contribution < 1.29 is 18.1 Å². The van der Waals surface area contributed by atoms with Crippen LogP contribution in [0.25, 0.3) is 5.69 Å². The Kier molecular flexibility index (Phi) is 4.74. The number of alkyl halides is 3. The highest BCUT2D eigenvalue weighted by molar-refractivity contribution is 7.99. The van der Waals surface area contributed by atoms with Gasteiger partial charge >= 0.3 is 6.18 Å². The minimum Gasteiger partial charge on any atom is -0.258 e. The van der Waals surface area contributed by atoms with Crippen LogP contribution in [-0.2, 0) is 6.18 Å². The van der Waals surface area contributed by atoms with E-state index in [0.29, 0.717) is 16.3 Å². The molecule has 0 saturated carbocycles. The normalized spacial score (nSPS) is 11.6. The fourth-order valence-electron chi connectivity index (χ4n) is 1.74. The molecule has 118 valence electrons. The molecular weight excluding hydrogens is 319 g/mol. The van der Waals surface area contributed by atoms with Crippen LogP contribution in [0.3, 0.4) is 0 Å². The largest absolute Gasteiger partial charge is 0.435 e. The van der Waals surface area contributed by atoms with Crippen LogP contribution in [0.5, 0.6) is 0 Å². The first-order valence-electron chi connectivity index (χ1n) is 6.37. The van der Waals surface area contributed by atoms with Gasteiger partial charge in [-0.25, -0.2) is 4.68 Å². The van der Waals surface area contributed by atoms with Crippen LogP contribution < -0.4 is 0 Å². The number of thioether (sulfide) groups is 1. The van der Waals surface area contributed by atoms with Crippen molar-refractivity contribution in [2.24, 2.45) is 0 Å². The van der Waals surface area contributed by atoms with E-state index in [1.54, 1.807) is 0 Å². The van der Waals surface area contributed by atoms with Gasteiger partial charge in [-0.1, -0.05) is 6.92 Å². The number of halogens is 3. The second-order valence-corrected chi connectivity index (χ2v) is 5.54. The van der Waals surface area contributed by atoms with Gasteiger partial charge in [-0.2, -0.15) is 18.3 Å². The third kappa shape index (κ3) is 3.59. The molecule has 0 N–H and O–H groups in total. The van der Waals surface area contributed by atoms with E-state index in [1.165, 1.54) is 36.2 Å². The summed E-state index contributed by atoms with van der Waals surface area (Å²) in [5.41, 5.74) is -0.723. The summed E-state index contributed by atoms with van der Waals surface area (Å²) in [6, 6.07) is 5.00.